The quantitative estimate of drug-likeness (QED) is 0.148. The summed E-state index contributed by atoms with van der Waals surface area (Å²) in [6.07, 6.45) is 8.37. The second-order valence-electron chi connectivity index (χ2n) is 17.2. The van der Waals surface area contributed by atoms with Crippen LogP contribution in [0.5, 0.6) is 5.75 Å². The van der Waals surface area contributed by atoms with E-state index in [1.807, 2.05) is 18.2 Å². The first-order valence-corrected chi connectivity index (χ1v) is 19.1. The number of aryl methyl sites for hydroxylation is 2. The van der Waals surface area contributed by atoms with Gasteiger partial charge in [-0.3, -0.25) is 24.1 Å². The lowest BCUT2D eigenvalue weighted by atomic mass is 9.41. The summed E-state index contributed by atoms with van der Waals surface area (Å²) in [6.45, 7) is 10.9. The van der Waals surface area contributed by atoms with Crippen molar-refractivity contribution >= 4 is 29.3 Å². The summed E-state index contributed by atoms with van der Waals surface area (Å²) in [7, 11) is 3.39. The van der Waals surface area contributed by atoms with E-state index in [9.17, 15) is 19.5 Å². The SMILES string of the molecule is CNCC(=O)NCOCC(=O)Nc1ccc2c(c1)[C@@]1(C)CCC[C@](C)(C(=O)N(C)C(=O)[C@@]3(C)CCC[C@]4(C)c5cc(O)ccc5CC[C@@H]34)[C@]1(C)CC2. The maximum atomic E-state index is 15.0. The van der Waals surface area contributed by atoms with Gasteiger partial charge in [0.15, 0.2) is 0 Å². The minimum atomic E-state index is -0.786. The highest BCUT2D eigenvalue weighted by atomic mass is 16.5. The normalized spacial score (nSPS) is 31.9. The van der Waals surface area contributed by atoms with Gasteiger partial charge in [0, 0.05) is 12.7 Å². The number of hydrogen-bond acceptors (Lipinski definition) is 7. The van der Waals surface area contributed by atoms with Gasteiger partial charge in [0.1, 0.15) is 19.1 Å². The van der Waals surface area contributed by atoms with Crippen LogP contribution in [0.2, 0.25) is 0 Å². The van der Waals surface area contributed by atoms with E-state index in [2.05, 4.69) is 62.7 Å². The molecule has 0 unspecified atom stereocenters. The van der Waals surface area contributed by atoms with Crippen LogP contribution in [0.1, 0.15) is 108 Å². The number of ether oxygens (including phenoxy) is 1. The van der Waals surface area contributed by atoms with Gasteiger partial charge in [0.25, 0.3) is 0 Å². The number of benzene rings is 2. The van der Waals surface area contributed by atoms with Gasteiger partial charge < -0.3 is 25.8 Å². The molecular formula is C42H58N4O6. The van der Waals surface area contributed by atoms with Gasteiger partial charge in [-0.1, -0.05) is 59.6 Å². The first-order chi connectivity index (χ1) is 24.5. The van der Waals surface area contributed by atoms with Gasteiger partial charge in [-0.2, -0.15) is 0 Å². The number of hydrogen-bond donors (Lipinski definition) is 4. The molecule has 0 heterocycles. The Labute approximate surface area is 308 Å². The molecule has 10 heteroatoms. The van der Waals surface area contributed by atoms with Gasteiger partial charge in [0.2, 0.25) is 23.6 Å². The number of anilines is 1. The number of likely N-dealkylation sites (N-methyl/N-ethyl adjacent to an activating group) is 1. The molecule has 0 radical (unpaired) electrons. The Morgan fingerprint density at radius 3 is 2.31 bits per heavy atom. The van der Waals surface area contributed by atoms with Crippen molar-refractivity contribution in [3.63, 3.8) is 0 Å². The first-order valence-electron chi connectivity index (χ1n) is 19.1. The lowest BCUT2D eigenvalue weighted by molar-refractivity contribution is -0.171. The molecule has 4 aliphatic rings. The van der Waals surface area contributed by atoms with Crippen molar-refractivity contribution in [3.8, 4) is 5.75 Å². The third kappa shape index (κ3) is 6.03. The number of rotatable bonds is 9. The minimum absolute atomic E-state index is 0.0588. The zero-order valence-electron chi connectivity index (χ0n) is 32.2. The average Bonchev–Trinajstić information content (AvgIpc) is 3.11. The second-order valence-corrected chi connectivity index (χ2v) is 17.2. The summed E-state index contributed by atoms with van der Waals surface area (Å²) in [5.74, 6) is -0.400. The van der Waals surface area contributed by atoms with Crippen molar-refractivity contribution < 1.29 is 29.0 Å². The molecule has 4 N–H and O–H groups in total. The Hall–Kier alpha value is -3.76. The smallest absolute Gasteiger partial charge is 0.250 e. The van der Waals surface area contributed by atoms with E-state index in [-0.39, 0.29) is 66.0 Å². The Morgan fingerprint density at radius 1 is 0.846 bits per heavy atom. The zero-order valence-corrected chi connectivity index (χ0v) is 32.2. The van der Waals surface area contributed by atoms with Crippen molar-refractivity contribution in [2.45, 2.75) is 110 Å². The minimum Gasteiger partial charge on any atom is -0.508 e. The van der Waals surface area contributed by atoms with Gasteiger partial charge in [-0.15, -0.1) is 0 Å². The van der Waals surface area contributed by atoms with Gasteiger partial charge in [-0.25, -0.2) is 0 Å². The second kappa shape index (κ2) is 13.9. The third-order valence-electron chi connectivity index (χ3n) is 14.5. The summed E-state index contributed by atoms with van der Waals surface area (Å²) in [4.78, 5) is 55.8. The molecule has 0 aromatic heterocycles. The van der Waals surface area contributed by atoms with Crippen molar-refractivity contribution in [3.05, 3.63) is 58.7 Å². The van der Waals surface area contributed by atoms with E-state index in [1.165, 1.54) is 16.0 Å². The fraction of sp³-hybridized carbons (Fsp3) is 0.619. The lowest BCUT2D eigenvalue weighted by Gasteiger charge is -2.63. The Kier molecular flexibility index (Phi) is 10.2. The first kappa shape index (κ1) is 38.0. The highest BCUT2D eigenvalue weighted by Gasteiger charge is 2.65. The molecule has 0 spiro atoms. The van der Waals surface area contributed by atoms with E-state index in [0.29, 0.717) is 12.1 Å². The third-order valence-corrected chi connectivity index (χ3v) is 14.5. The van der Waals surface area contributed by atoms with E-state index < -0.39 is 16.2 Å². The number of fused-ring (bicyclic) bond motifs is 6. The van der Waals surface area contributed by atoms with Crippen LogP contribution in [0, 0.1) is 22.2 Å². The van der Waals surface area contributed by atoms with E-state index in [0.717, 1.165) is 68.9 Å². The molecule has 282 valence electrons. The number of imide groups is 1. The molecule has 4 aliphatic carbocycles. The number of aromatic hydroxyl groups is 1. The fourth-order valence-electron chi connectivity index (χ4n) is 11.3. The number of amides is 4. The van der Waals surface area contributed by atoms with Crippen LogP contribution in [0.25, 0.3) is 0 Å². The molecule has 0 aliphatic heterocycles. The number of carbonyl (C=O) groups excluding carboxylic acids is 4. The van der Waals surface area contributed by atoms with Gasteiger partial charge >= 0.3 is 0 Å². The molecule has 6 rings (SSSR count). The maximum Gasteiger partial charge on any atom is 0.250 e. The lowest BCUT2D eigenvalue weighted by Crippen LogP contribution is -2.64. The number of carbonyl (C=O) groups is 4. The van der Waals surface area contributed by atoms with Crippen molar-refractivity contribution in [2.24, 2.45) is 22.2 Å². The largest absolute Gasteiger partial charge is 0.508 e. The molecule has 52 heavy (non-hydrogen) atoms. The summed E-state index contributed by atoms with van der Waals surface area (Å²) >= 11 is 0. The molecule has 0 saturated heterocycles. The summed E-state index contributed by atoms with van der Waals surface area (Å²) < 4.78 is 5.37. The molecule has 2 saturated carbocycles. The fourth-order valence-corrected chi connectivity index (χ4v) is 11.3. The molecule has 2 aromatic carbocycles. The van der Waals surface area contributed by atoms with E-state index in [4.69, 9.17) is 4.74 Å². The maximum absolute atomic E-state index is 15.0. The van der Waals surface area contributed by atoms with Crippen LogP contribution in [0.4, 0.5) is 5.69 Å². The summed E-state index contributed by atoms with van der Waals surface area (Å²) in [6, 6.07) is 11.8. The Bertz CT molecular complexity index is 1760. The van der Waals surface area contributed by atoms with Crippen LogP contribution >= 0.6 is 0 Å². The predicted molar refractivity (Wildman–Crippen MR) is 201 cm³/mol. The van der Waals surface area contributed by atoms with Crippen LogP contribution in [0.3, 0.4) is 0 Å². The number of phenolic OH excluding ortho intramolecular Hbond substituents is 1. The zero-order chi connectivity index (χ0) is 37.7. The highest BCUT2D eigenvalue weighted by Crippen LogP contribution is 2.66. The van der Waals surface area contributed by atoms with E-state index in [1.54, 1.807) is 20.2 Å². The van der Waals surface area contributed by atoms with Gasteiger partial charge in [-0.05, 0) is 127 Å². The molecule has 4 amide bonds. The predicted octanol–water partition coefficient (Wildman–Crippen LogP) is 5.74. The molecule has 10 nitrogen and oxygen atoms in total. The van der Waals surface area contributed by atoms with Crippen LogP contribution in [-0.4, -0.2) is 67.6 Å². The molecule has 0 bridgehead atoms. The standard InChI is InChI=1S/C42H58N4O6/c1-38-17-8-18-39(2,33(38)15-12-27-11-14-30(47)23-31(27)38)36(50)46(7)37(51)41(4)20-9-19-40(3)32-22-29(13-10-28(32)16-21-42(40,41)5)45-35(49)25-52-26-44-34(48)24-43-6/h10-11,13-14,22-23,33,43,47H,8-9,12,15-21,24-26H2,1-7H3,(H,44,48)(H,45,49)/t33-,38-,39+,40-,41-,42-/m1/s1. The van der Waals surface area contributed by atoms with Crippen LogP contribution < -0.4 is 16.0 Å². The van der Waals surface area contributed by atoms with Crippen molar-refractivity contribution in [2.75, 3.05) is 39.3 Å². The van der Waals surface area contributed by atoms with Crippen LogP contribution in [0.15, 0.2) is 36.4 Å². The Balaban J connectivity index is 1.22. The van der Waals surface area contributed by atoms with Gasteiger partial charge in [0.05, 0.1) is 17.4 Å². The molecule has 2 fully saturated rings. The number of nitrogens with one attached hydrogen (secondary N) is 3. The topological polar surface area (TPSA) is 137 Å². The highest BCUT2D eigenvalue weighted by molar-refractivity contribution is 6.01. The average molecular weight is 715 g/mol. The summed E-state index contributed by atoms with van der Waals surface area (Å²) in [5.41, 5.74) is 2.87. The molecule has 6 atom stereocenters. The molecule has 2 aromatic rings. The van der Waals surface area contributed by atoms with Crippen LogP contribution in [-0.2, 0) is 47.6 Å². The summed E-state index contributed by atoms with van der Waals surface area (Å²) in [5, 5.41) is 18.7. The number of nitrogens with zero attached hydrogens (tertiary/aromatic N) is 1. The number of phenols is 1. The Morgan fingerprint density at radius 2 is 1.56 bits per heavy atom. The van der Waals surface area contributed by atoms with Crippen molar-refractivity contribution in [1.29, 1.82) is 0 Å². The van der Waals surface area contributed by atoms with Crippen molar-refractivity contribution in [1.82, 2.24) is 15.5 Å². The monoisotopic (exact) mass is 714 g/mol. The van der Waals surface area contributed by atoms with E-state index >= 15 is 4.79 Å². The molecular weight excluding hydrogens is 656 g/mol.